The fourth-order valence-electron chi connectivity index (χ4n) is 0.429. The fraction of sp³-hybridized carbons (Fsp3) is 1.00. The highest BCUT2D eigenvalue weighted by atomic mass is 35.5. The summed E-state index contributed by atoms with van der Waals surface area (Å²) in [6.07, 6.45) is 0.0425. The molecule has 0 aromatic heterocycles. The van der Waals surface area contributed by atoms with Crippen molar-refractivity contribution >= 4 is 20.0 Å². The van der Waals surface area contributed by atoms with E-state index in [0.717, 1.165) is 0 Å². The first-order valence-corrected chi connectivity index (χ1v) is 4.55. The lowest BCUT2D eigenvalue weighted by Gasteiger charge is -2.07. The Morgan fingerprint density at radius 2 is 2.20 bits per heavy atom. The number of nitrogens with two attached hydrogens (primary N) is 1. The molecule has 0 saturated carbocycles. The predicted octanol–water partition coefficient (Wildman–Crippen LogP) is 0.589. The molecule has 10 heavy (non-hydrogen) atoms. The van der Waals surface area contributed by atoms with E-state index in [9.17, 15) is 4.57 Å². The van der Waals surface area contributed by atoms with Crippen LogP contribution in [0.1, 0.15) is 6.92 Å². The lowest BCUT2D eigenvalue weighted by Crippen LogP contribution is -2.06. The number of rotatable bonds is 4. The second-order valence-electron chi connectivity index (χ2n) is 1.57. The van der Waals surface area contributed by atoms with Crippen LogP contribution in [0, 0.1) is 0 Å². The summed E-state index contributed by atoms with van der Waals surface area (Å²) in [6.45, 7) is 2.11. The molecule has 0 aromatic carbocycles. The zero-order chi connectivity index (χ0) is 7.33. The van der Waals surface area contributed by atoms with Crippen LogP contribution in [0.3, 0.4) is 0 Å². The van der Waals surface area contributed by atoms with E-state index in [-0.39, 0.29) is 31.7 Å². The SMILES string of the molecule is CCOP(=O)(O)CCN.Cl. The van der Waals surface area contributed by atoms with E-state index in [0.29, 0.717) is 0 Å². The first kappa shape index (κ1) is 13.0. The molecule has 0 aliphatic rings. The third-order valence-electron chi connectivity index (χ3n) is 0.742. The minimum absolute atomic E-state index is 0. The van der Waals surface area contributed by atoms with Gasteiger partial charge in [-0.1, -0.05) is 0 Å². The van der Waals surface area contributed by atoms with Crippen LogP contribution in [0.4, 0.5) is 0 Å². The molecule has 0 fully saturated rings. The fourth-order valence-corrected chi connectivity index (χ4v) is 1.29. The Kier molecular flexibility index (Phi) is 7.99. The van der Waals surface area contributed by atoms with Crippen LogP contribution in [0.2, 0.25) is 0 Å². The summed E-state index contributed by atoms with van der Waals surface area (Å²) in [5.74, 6) is 0. The zero-order valence-electron chi connectivity index (χ0n) is 5.82. The average Bonchev–Trinajstić information content (AvgIpc) is 1.64. The summed E-state index contributed by atoms with van der Waals surface area (Å²) in [5.41, 5.74) is 5.03. The van der Waals surface area contributed by atoms with E-state index in [1.807, 2.05) is 0 Å². The third-order valence-corrected chi connectivity index (χ3v) is 2.23. The van der Waals surface area contributed by atoms with Crippen LogP contribution in [-0.4, -0.2) is 24.2 Å². The normalized spacial score (nSPS) is 15.5. The van der Waals surface area contributed by atoms with Gasteiger partial charge in [0.05, 0.1) is 12.8 Å². The van der Waals surface area contributed by atoms with Crippen molar-refractivity contribution in [3.63, 3.8) is 0 Å². The Morgan fingerprint density at radius 3 is 2.50 bits per heavy atom. The lowest BCUT2D eigenvalue weighted by atomic mass is 10.8. The molecule has 0 amide bonds. The molecular formula is C4H13ClNO3P. The quantitative estimate of drug-likeness (QED) is 0.635. The second kappa shape index (κ2) is 6.13. The average molecular weight is 190 g/mol. The van der Waals surface area contributed by atoms with Gasteiger partial charge in [0.2, 0.25) is 0 Å². The first-order chi connectivity index (χ1) is 4.12. The van der Waals surface area contributed by atoms with Crippen molar-refractivity contribution in [1.29, 1.82) is 0 Å². The standard InChI is InChI=1S/C4H12NO3P.ClH/c1-2-8-9(6,7)4-3-5;/h2-5H2,1H3,(H,6,7);1H. The summed E-state index contributed by atoms with van der Waals surface area (Å²) < 4.78 is 15.2. The Hall–Kier alpha value is 0.400. The summed E-state index contributed by atoms with van der Waals surface area (Å²) in [6, 6.07) is 0. The molecule has 0 bridgehead atoms. The van der Waals surface area contributed by atoms with Gasteiger partial charge in [-0.15, -0.1) is 12.4 Å². The van der Waals surface area contributed by atoms with E-state index in [2.05, 4.69) is 4.52 Å². The van der Waals surface area contributed by atoms with Crippen molar-refractivity contribution in [3.8, 4) is 0 Å². The van der Waals surface area contributed by atoms with Gasteiger partial charge in [-0.25, -0.2) is 0 Å². The van der Waals surface area contributed by atoms with Gasteiger partial charge in [-0.3, -0.25) is 4.57 Å². The maximum Gasteiger partial charge on any atom is 0.329 e. The number of hydrogen-bond acceptors (Lipinski definition) is 3. The van der Waals surface area contributed by atoms with Gasteiger partial charge < -0.3 is 15.2 Å². The van der Waals surface area contributed by atoms with Crippen molar-refractivity contribution in [2.24, 2.45) is 5.73 Å². The molecule has 0 aromatic rings. The van der Waals surface area contributed by atoms with Crippen LogP contribution >= 0.6 is 20.0 Å². The number of halogens is 1. The zero-order valence-corrected chi connectivity index (χ0v) is 7.53. The molecule has 0 rings (SSSR count). The van der Waals surface area contributed by atoms with Crippen LogP contribution in [0.5, 0.6) is 0 Å². The maximum atomic E-state index is 10.7. The Morgan fingerprint density at radius 1 is 1.70 bits per heavy atom. The molecular weight excluding hydrogens is 176 g/mol. The summed E-state index contributed by atoms with van der Waals surface area (Å²) in [7, 11) is -3.32. The van der Waals surface area contributed by atoms with E-state index < -0.39 is 7.60 Å². The molecule has 4 nitrogen and oxygen atoms in total. The van der Waals surface area contributed by atoms with Crippen molar-refractivity contribution in [2.75, 3.05) is 19.3 Å². The molecule has 6 heteroatoms. The second-order valence-corrected chi connectivity index (χ2v) is 3.55. The summed E-state index contributed by atoms with van der Waals surface area (Å²) >= 11 is 0. The summed E-state index contributed by atoms with van der Waals surface area (Å²) in [4.78, 5) is 8.77. The molecule has 3 N–H and O–H groups in total. The smallest absolute Gasteiger partial charge is 0.329 e. The Bertz CT molecular complexity index is 111. The highest BCUT2D eigenvalue weighted by Crippen LogP contribution is 2.40. The molecule has 0 spiro atoms. The minimum Gasteiger partial charge on any atom is -0.330 e. The van der Waals surface area contributed by atoms with Gasteiger partial charge in [-0.05, 0) is 6.92 Å². The molecule has 1 unspecified atom stereocenters. The van der Waals surface area contributed by atoms with Gasteiger partial charge in [-0.2, -0.15) is 0 Å². The molecule has 1 atom stereocenters. The monoisotopic (exact) mass is 189 g/mol. The van der Waals surface area contributed by atoms with Gasteiger partial charge in [0.15, 0.2) is 0 Å². The van der Waals surface area contributed by atoms with E-state index in [4.69, 9.17) is 10.6 Å². The van der Waals surface area contributed by atoms with E-state index in [1.165, 1.54) is 0 Å². The largest absolute Gasteiger partial charge is 0.330 e. The molecule has 0 heterocycles. The molecule has 64 valence electrons. The van der Waals surface area contributed by atoms with Crippen LogP contribution in [-0.2, 0) is 9.09 Å². The Balaban J connectivity index is 0. The van der Waals surface area contributed by atoms with E-state index in [1.54, 1.807) is 6.92 Å². The van der Waals surface area contributed by atoms with Crippen molar-refractivity contribution in [2.45, 2.75) is 6.92 Å². The van der Waals surface area contributed by atoms with Crippen molar-refractivity contribution in [3.05, 3.63) is 0 Å². The predicted molar refractivity (Wildman–Crippen MR) is 42.6 cm³/mol. The highest BCUT2D eigenvalue weighted by Gasteiger charge is 2.15. The molecule has 0 aliphatic carbocycles. The summed E-state index contributed by atoms with van der Waals surface area (Å²) in [5, 5.41) is 0. The lowest BCUT2D eigenvalue weighted by molar-refractivity contribution is 0.274. The van der Waals surface area contributed by atoms with Gasteiger partial charge >= 0.3 is 7.60 Å². The topological polar surface area (TPSA) is 72.5 Å². The Labute approximate surface area is 66.7 Å². The third kappa shape index (κ3) is 6.52. The number of hydrogen-bond donors (Lipinski definition) is 2. The minimum atomic E-state index is -3.32. The van der Waals surface area contributed by atoms with Gasteiger partial charge in [0.25, 0.3) is 0 Å². The first-order valence-electron chi connectivity index (χ1n) is 2.79. The van der Waals surface area contributed by atoms with Crippen molar-refractivity contribution < 1.29 is 14.0 Å². The molecule has 0 radical (unpaired) electrons. The van der Waals surface area contributed by atoms with E-state index >= 15 is 0 Å². The van der Waals surface area contributed by atoms with Crippen LogP contribution in [0.15, 0.2) is 0 Å². The van der Waals surface area contributed by atoms with Crippen LogP contribution in [0.25, 0.3) is 0 Å². The highest BCUT2D eigenvalue weighted by molar-refractivity contribution is 7.52. The van der Waals surface area contributed by atoms with Gasteiger partial charge in [0, 0.05) is 6.54 Å². The van der Waals surface area contributed by atoms with Gasteiger partial charge in [0.1, 0.15) is 0 Å². The molecule has 0 saturated heterocycles. The maximum absolute atomic E-state index is 10.7. The molecule has 0 aliphatic heterocycles. The van der Waals surface area contributed by atoms with Crippen molar-refractivity contribution in [1.82, 2.24) is 0 Å². The van der Waals surface area contributed by atoms with Crippen LogP contribution < -0.4 is 5.73 Å².